The Hall–Kier alpha value is -1.75. The molecule has 5 nitrogen and oxygen atoms in total. The molecule has 0 aromatic heterocycles. The monoisotopic (exact) mass is 265 g/mol. The van der Waals surface area contributed by atoms with E-state index in [4.69, 9.17) is 9.47 Å². The summed E-state index contributed by atoms with van der Waals surface area (Å²) in [6.45, 7) is -0.0279. The maximum absolute atomic E-state index is 12.2. The molecule has 1 amide bonds. The smallest absolute Gasteiger partial charge is 0.252 e. The number of benzene rings is 1. The van der Waals surface area contributed by atoms with Gasteiger partial charge in [0.15, 0.2) is 0 Å². The Morgan fingerprint density at radius 2 is 1.84 bits per heavy atom. The molecule has 104 valence electrons. The van der Waals surface area contributed by atoms with Crippen molar-refractivity contribution in [3.63, 3.8) is 0 Å². The molecule has 1 aliphatic rings. The van der Waals surface area contributed by atoms with Crippen molar-refractivity contribution in [3.8, 4) is 11.5 Å². The summed E-state index contributed by atoms with van der Waals surface area (Å²) in [5, 5.41) is 12.3. The van der Waals surface area contributed by atoms with Gasteiger partial charge in [-0.2, -0.15) is 0 Å². The first-order valence-corrected chi connectivity index (χ1v) is 6.29. The first-order chi connectivity index (χ1) is 9.12. The summed E-state index contributed by atoms with van der Waals surface area (Å²) in [7, 11) is 3.08. The second kappa shape index (κ2) is 5.48. The molecule has 0 unspecified atom stereocenters. The van der Waals surface area contributed by atoms with Crippen LogP contribution in [0.15, 0.2) is 18.2 Å². The van der Waals surface area contributed by atoms with Gasteiger partial charge in [-0.1, -0.05) is 0 Å². The molecule has 1 aliphatic carbocycles. The maximum atomic E-state index is 12.2. The van der Waals surface area contributed by atoms with Crippen LogP contribution in [0, 0.1) is 0 Å². The Kier molecular flexibility index (Phi) is 3.95. The molecule has 2 rings (SSSR count). The highest BCUT2D eigenvalue weighted by molar-refractivity contribution is 5.95. The molecular weight excluding hydrogens is 246 g/mol. The lowest BCUT2D eigenvalue weighted by atomic mass is 9.77. The highest BCUT2D eigenvalue weighted by atomic mass is 16.5. The number of ether oxygens (including phenoxy) is 2. The van der Waals surface area contributed by atoms with Crippen LogP contribution in [0.3, 0.4) is 0 Å². The summed E-state index contributed by atoms with van der Waals surface area (Å²) >= 11 is 0. The number of carbonyl (C=O) groups excluding carboxylic acids is 1. The van der Waals surface area contributed by atoms with Gasteiger partial charge in [0, 0.05) is 11.6 Å². The van der Waals surface area contributed by atoms with Crippen LogP contribution in [0.4, 0.5) is 0 Å². The molecule has 0 radical (unpaired) electrons. The number of amides is 1. The van der Waals surface area contributed by atoms with Crippen molar-refractivity contribution in [2.75, 3.05) is 20.8 Å². The van der Waals surface area contributed by atoms with E-state index < -0.39 is 5.54 Å². The SMILES string of the molecule is COc1cc(OC)cc(C(=O)NC2(CO)CCC2)c1. The Bertz CT molecular complexity index is 441. The third-order valence-electron chi connectivity index (χ3n) is 3.61. The highest BCUT2D eigenvalue weighted by Crippen LogP contribution is 2.32. The number of hydrogen-bond acceptors (Lipinski definition) is 4. The highest BCUT2D eigenvalue weighted by Gasteiger charge is 2.37. The molecule has 0 bridgehead atoms. The Labute approximate surface area is 112 Å². The summed E-state index contributed by atoms with van der Waals surface area (Å²) in [6.07, 6.45) is 2.66. The lowest BCUT2D eigenvalue weighted by Crippen LogP contribution is -2.56. The predicted molar refractivity (Wildman–Crippen MR) is 70.7 cm³/mol. The van der Waals surface area contributed by atoms with E-state index in [0.717, 1.165) is 19.3 Å². The zero-order valence-corrected chi connectivity index (χ0v) is 11.2. The minimum Gasteiger partial charge on any atom is -0.497 e. The lowest BCUT2D eigenvalue weighted by molar-refractivity contribution is 0.0641. The summed E-state index contributed by atoms with van der Waals surface area (Å²) in [5.74, 6) is 0.915. The number of aliphatic hydroxyl groups excluding tert-OH is 1. The van der Waals surface area contributed by atoms with Crippen molar-refractivity contribution < 1.29 is 19.4 Å². The Morgan fingerprint density at radius 1 is 1.26 bits per heavy atom. The van der Waals surface area contributed by atoms with Crippen LogP contribution in [0.2, 0.25) is 0 Å². The molecule has 0 aliphatic heterocycles. The van der Waals surface area contributed by atoms with E-state index in [-0.39, 0.29) is 12.5 Å². The maximum Gasteiger partial charge on any atom is 0.252 e. The number of aliphatic hydroxyl groups is 1. The van der Waals surface area contributed by atoms with Gasteiger partial charge in [0.25, 0.3) is 5.91 Å². The van der Waals surface area contributed by atoms with Crippen molar-refractivity contribution in [2.45, 2.75) is 24.8 Å². The standard InChI is InChI=1S/C14H19NO4/c1-18-11-6-10(7-12(8-11)19-2)13(17)15-14(9-16)4-3-5-14/h6-8,16H,3-5,9H2,1-2H3,(H,15,17). The Balaban J connectivity index is 2.18. The van der Waals surface area contributed by atoms with Crippen molar-refractivity contribution in [1.82, 2.24) is 5.32 Å². The van der Waals surface area contributed by atoms with E-state index in [2.05, 4.69) is 5.32 Å². The van der Waals surface area contributed by atoms with Crippen molar-refractivity contribution in [2.24, 2.45) is 0 Å². The fraction of sp³-hybridized carbons (Fsp3) is 0.500. The molecule has 1 fully saturated rings. The molecule has 0 saturated heterocycles. The Morgan fingerprint density at radius 3 is 2.21 bits per heavy atom. The molecule has 0 heterocycles. The molecule has 2 N–H and O–H groups in total. The molecule has 1 aromatic rings. The van der Waals surface area contributed by atoms with Crippen LogP contribution >= 0.6 is 0 Å². The van der Waals surface area contributed by atoms with E-state index in [1.165, 1.54) is 14.2 Å². The third kappa shape index (κ3) is 2.81. The second-order valence-corrected chi connectivity index (χ2v) is 4.85. The quantitative estimate of drug-likeness (QED) is 0.843. The first-order valence-electron chi connectivity index (χ1n) is 6.29. The average Bonchev–Trinajstić information content (AvgIpc) is 2.41. The molecule has 5 heteroatoms. The van der Waals surface area contributed by atoms with Gasteiger partial charge >= 0.3 is 0 Å². The van der Waals surface area contributed by atoms with Crippen LogP contribution < -0.4 is 14.8 Å². The van der Waals surface area contributed by atoms with Crippen LogP contribution in [0.25, 0.3) is 0 Å². The third-order valence-corrected chi connectivity index (χ3v) is 3.61. The van der Waals surface area contributed by atoms with Gasteiger partial charge in [-0.25, -0.2) is 0 Å². The minimum absolute atomic E-state index is 0.0279. The van der Waals surface area contributed by atoms with E-state index >= 15 is 0 Å². The summed E-state index contributed by atoms with van der Waals surface area (Å²) in [5.41, 5.74) is 0.0175. The number of nitrogens with one attached hydrogen (secondary N) is 1. The molecule has 1 aromatic carbocycles. The number of hydrogen-bond donors (Lipinski definition) is 2. The fourth-order valence-corrected chi connectivity index (χ4v) is 2.18. The average molecular weight is 265 g/mol. The van der Waals surface area contributed by atoms with Gasteiger partial charge in [-0.3, -0.25) is 4.79 Å². The van der Waals surface area contributed by atoms with Crippen molar-refractivity contribution in [1.29, 1.82) is 0 Å². The van der Waals surface area contributed by atoms with Crippen molar-refractivity contribution in [3.05, 3.63) is 23.8 Å². The fourth-order valence-electron chi connectivity index (χ4n) is 2.18. The van der Waals surface area contributed by atoms with Gasteiger partial charge in [0.2, 0.25) is 0 Å². The van der Waals surface area contributed by atoms with Gasteiger partial charge in [0.05, 0.1) is 26.4 Å². The molecule has 0 spiro atoms. The first kappa shape index (κ1) is 13.7. The van der Waals surface area contributed by atoms with Gasteiger partial charge in [-0.15, -0.1) is 0 Å². The largest absolute Gasteiger partial charge is 0.497 e. The van der Waals surface area contributed by atoms with E-state index in [9.17, 15) is 9.90 Å². The number of rotatable bonds is 5. The number of methoxy groups -OCH3 is 2. The summed E-state index contributed by atoms with van der Waals surface area (Å²) < 4.78 is 10.3. The number of carbonyl (C=O) groups is 1. The normalized spacial score (nSPS) is 16.4. The molecular formula is C14H19NO4. The summed E-state index contributed by atoms with van der Waals surface area (Å²) in [4.78, 5) is 12.2. The minimum atomic E-state index is -0.451. The van der Waals surface area contributed by atoms with E-state index in [1.807, 2.05) is 0 Å². The molecule has 1 saturated carbocycles. The van der Waals surface area contributed by atoms with Crippen LogP contribution in [-0.2, 0) is 0 Å². The van der Waals surface area contributed by atoms with Crippen LogP contribution in [0.1, 0.15) is 29.6 Å². The van der Waals surface area contributed by atoms with E-state index in [0.29, 0.717) is 17.1 Å². The molecule has 19 heavy (non-hydrogen) atoms. The van der Waals surface area contributed by atoms with Crippen LogP contribution in [-0.4, -0.2) is 37.4 Å². The zero-order valence-electron chi connectivity index (χ0n) is 11.2. The van der Waals surface area contributed by atoms with Crippen molar-refractivity contribution >= 4 is 5.91 Å². The lowest BCUT2D eigenvalue weighted by Gasteiger charge is -2.40. The second-order valence-electron chi connectivity index (χ2n) is 4.85. The predicted octanol–water partition coefficient (Wildman–Crippen LogP) is 1.35. The summed E-state index contributed by atoms with van der Waals surface area (Å²) in [6, 6.07) is 5.02. The molecule has 0 atom stereocenters. The zero-order chi connectivity index (χ0) is 13.9. The van der Waals surface area contributed by atoms with E-state index in [1.54, 1.807) is 18.2 Å². The van der Waals surface area contributed by atoms with Gasteiger partial charge < -0.3 is 19.9 Å². The van der Waals surface area contributed by atoms with Gasteiger partial charge in [-0.05, 0) is 31.4 Å². The van der Waals surface area contributed by atoms with Gasteiger partial charge in [0.1, 0.15) is 11.5 Å². The van der Waals surface area contributed by atoms with Crippen LogP contribution in [0.5, 0.6) is 11.5 Å². The topological polar surface area (TPSA) is 67.8 Å².